The number of nitrogens with zero attached hydrogens (tertiary/aromatic N) is 1. The molecule has 2 aromatic rings. The molecule has 0 bridgehead atoms. The van der Waals surface area contributed by atoms with Crippen molar-refractivity contribution in [3.8, 4) is 17.6 Å². The van der Waals surface area contributed by atoms with Crippen LogP contribution in [0, 0.1) is 18.8 Å². The van der Waals surface area contributed by atoms with Gasteiger partial charge in [0.1, 0.15) is 12.4 Å². The molecule has 0 aliphatic rings. The van der Waals surface area contributed by atoms with E-state index in [9.17, 15) is 0 Å². The molecule has 0 amide bonds. The van der Waals surface area contributed by atoms with Gasteiger partial charge < -0.3 is 4.74 Å². The number of ether oxygens (including phenoxy) is 1. The van der Waals surface area contributed by atoms with Gasteiger partial charge in [-0.15, -0.1) is 11.6 Å². The van der Waals surface area contributed by atoms with Gasteiger partial charge in [-0.2, -0.15) is 0 Å². The number of alkyl halides is 1. The summed E-state index contributed by atoms with van der Waals surface area (Å²) >= 11 is 5.64. The van der Waals surface area contributed by atoms with Gasteiger partial charge in [0.15, 0.2) is 0 Å². The Labute approximate surface area is 124 Å². The first-order valence-electron chi connectivity index (χ1n) is 6.47. The van der Waals surface area contributed by atoms with Crippen LogP contribution in [0.25, 0.3) is 0 Å². The molecule has 0 spiro atoms. The molecule has 0 unspecified atom stereocenters. The number of benzene rings is 1. The van der Waals surface area contributed by atoms with Crippen molar-refractivity contribution in [1.29, 1.82) is 0 Å². The van der Waals surface area contributed by atoms with Gasteiger partial charge in [-0.1, -0.05) is 24.0 Å². The van der Waals surface area contributed by atoms with Gasteiger partial charge in [0.2, 0.25) is 0 Å². The highest BCUT2D eigenvalue weighted by Gasteiger charge is 2.02. The molecule has 0 atom stereocenters. The Morgan fingerprint density at radius 3 is 2.95 bits per heavy atom. The molecule has 0 aliphatic carbocycles. The van der Waals surface area contributed by atoms with Gasteiger partial charge in [-0.3, -0.25) is 4.98 Å². The Kier molecular flexibility index (Phi) is 5.46. The van der Waals surface area contributed by atoms with Gasteiger partial charge in [-0.25, -0.2) is 0 Å². The molecule has 0 aliphatic heterocycles. The van der Waals surface area contributed by atoms with E-state index in [4.69, 9.17) is 16.3 Å². The molecule has 0 saturated heterocycles. The second kappa shape index (κ2) is 7.57. The van der Waals surface area contributed by atoms with Gasteiger partial charge >= 0.3 is 0 Å². The minimum absolute atomic E-state index is 0.487. The summed E-state index contributed by atoms with van der Waals surface area (Å²) in [5, 5.41) is 0. The fraction of sp³-hybridized carbons (Fsp3) is 0.235. The van der Waals surface area contributed by atoms with E-state index in [0.717, 1.165) is 22.4 Å². The molecule has 1 aromatic heterocycles. The molecule has 3 heteroatoms. The summed E-state index contributed by atoms with van der Waals surface area (Å²) in [5.41, 5.74) is 3.10. The minimum atomic E-state index is 0.487. The first-order chi connectivity index (χ1) is 9.79. The maximum Gasteiger partial charge on any atom is 0.135 e. The topological polar surface area (TPSA) is 22.1 Å². The number of halogens is 1. The van der Waals surface area contributed by atoms with Crippen LogP contribution >= 0.6 is 11.6 Å². The predicted molar refractivity (Wildman–Crippen MR) is 82.0 cm³/mol. The maximum atomic E-state index is 5.83. The monoisotopic (exact) mass is 285 g/mol. The summed E-state index contributed by atoms with van der Waals surface area (Å²) < 4.78 is 5.83. The summed E-state index contributed by atoms with van der Waals surface area (Å²) in [4.78, 5) is 4.07. The number of rotatable bonds is 4. The quantitative estimate of drug-likeness (QED) is 0.627. The van der Waals surface area contributed by atoms with E-state index < -0.39 is 0 Å². The first-order valence-corrected chi connectivity index (χ1v) is 7.00. The van der Waals surface area contributed by atoms with E-state index in [1.165, 1.54) is 0 Å². The molecule has 2 rings (SSSR count). The SMILES string of the molecule is Cc1ccc(OCc2cccnc2)c(C#CCCCl)c1. The Morgan fingerprint density at radius 2 is 2.20 bits per heavy atom. The molecule has 0 fully saturated rings. The zero-order valence-electron chi connectivity index (χ0n) is 11.4. The van der Waals surface area contributed by atoms with Crippen molar-refractivity contribution in [3.05, 3.63) is 59.4 Å². The van der Waals surface area contributed by atoms with Crippen LogP contribution < -0.4 is 4.74 Å². The molecule has 0 N–H and O–H groups in total. The molecular formula is C17H16ClNO. The van der Waals surface area contributed by atoms with Crippen molar-refractivity contribution in [3.63, 3.8) is 0 Å². The Morgan fingerprint density at radius 1 is 1.30 bits per heavy atom. The first kappa shape index (κ1) is 14.4. The third-order valence-electron chi connectivity index (χ3n) is 2.69. The van der Waals surface area contributed by atoms with Crippen LogP contribution in [0.5, 0.6) is 5.75 Å². The molecule has 1 heterocycles. The largest absolute Gasteiger partial charge is 0.488 e. The lowest BCUT2D eigenvalue weighted by Gasteiger charge is -2.09. The van der Waals surface area contributed by atoms with Crippen molar-refractivity contribution >= 4 is 11.6 Å². The van der Waals surface area contributed by atoms with Gasteiger partial charge in [0.05, 0.1) is 5.56 Å². The molecule has 2 nitrogen and oxygen atoms in total. The Balaban J connectivity index is 2.13. The van der Waals surface area contributed by atoms with E-state index in [-0.39, 0.29) is 0 Å². The van der Waals surface area contributed by atoms with Crippen molar-refractivity contribution < 1.29 is 4.74 Å². The van der Waals surface area contributed by atoms with Crippen LogP contribution in [-0.4, -0.2) is 10.9 Å². The zero-order chi connectivity index (χ0) is 14.2. The van der Waals surface area contributed by atoms with Crippen LogP contribution in [0.15, 0.2) is 42.7 Å². The molecule has 20 heavy (non-hydrogen) atoms. The van der Waals surface area contributed by atoms with Gasteiger partial charge in [0.25, 0.3) is 0 Å². The van der Waals surface area contributed by atoms with Crippen LogP contribution in [0.2, 0.25) is 0 Å². The fourth-order valence-electron chi connectivity index (χ4n) is 1.72. The summed E-state index contributed by atoms with van der Waals surface area (Å²) in [7, 11) is 0. The van der Waals surface area contributed by atoms with Crippen LogP contribution in [0.1, 0.15) is 23.1 Å². The average Bonchev–Trinajstić information content (AvgIpc) is 2.48. The van der Waals surface area contributed by atoms with E-state index in [1.807, 2.05) is 37.3 Å². The van der Waals surface area contributed by atoms with Crippen LogP contribution in [-0.2, 0) is 6.61 Å². The van der Waals surface area contributed by atoms with Crippen LogP contribution in [0.4, 0.5) is 0 Å². The third kappa shape index (κ3) is 4.29. The normalized spacial score (nSPS) is 9.70. The summed E-state index contributed by atoms with van der Waals surface area (Å²) in [6, 6.07) is 9.89. The van der Waals surface area contributed by atoms with Gasteiger partial charge in [0, 0.05) is 30.3 Å². The minimum Gasteiger partial charge on any atom is -0.488 e. The third-order valence-corrected chi connectivity index (χ3v) is 2.88. The average molecular weight is 286 g/mol. The maximum absolute atomic E-state index is 5.83. The molecular weight excluding hydrogens is 270 g/mol. The highest BCUT2D eigenvalue weighted by molar-refractivity contribution is 6.18. The van der Waals surface area contributed by atoms with E-state index >= 15 is 0 Å². The summed E-state index contributed by atoms with van der Waals surface area (Å²) in [6.07, 6.45) is 4.23. The van der Waals surface area contributed by atoms with E-state index in [1.54, 1.807) is 12.4 Å². The predicted octanol–water partition coefficient (Wildman–Crippen LogP) is 3.95. The van der Waals surface area contributed by atoms with Crippen molar-refractivity contribution in [1.82, 2.24) is 4.98 Å². The highest BCUT2D eigenvalue weighted by atomic mass is 35.5. The van der Waals surface area contributed by atoms with Crippen LogP contribution in [0.3, 0.4) is 0 Å². The standard InChI is InChI=1S/C17H16ClNO/c1-14-7-8-17(16(11-14)6-2-3-9-18)20-13-15-5-4-10-19-12-15/h4-5,7-8,10-12H,3,9,13H2,1H3. The second-order valence-electron chi connectivity index (χ2n) is 4.39. The van der Waals surface area contributed by atoms with Crippen molar-refractivity contribution in [2.75, 3.05) is 5.88 Å². The number of pyridine rings is 1. The smallest absolute Gasteiger partial charge is 0.135 e. The summed E-state index contributed by atoms with van der Waals surface area (Å²) in [6.45, 7) is 2.53. The summed E-state index contributed by atoms with van der Waals surface area (Å²) in [5.74, 6) is 7.50. The van der Waals surface area contributed by atoms with Crippen molar-refractivity contribution in [2.45, 2.75) is 20.0 Å². The molecule has 102 valence electrons. The fourth-order valence-corrected chi connectivity index (χ4v) is 1.81. The van der Waals surface area contributed by atoms with E-state index in [0.29, 0.717) is 18.9 Å². The molecule has 1 aromatic carbocycles. The lowest BCUT2D eigenvalue weighted by molar-refractivity contribution is 0.305. The zero-order valence-corrected chi connectivity index (χ0v) is 12.2. The highest BCUT2D eigenvalue weighted by Crippen LogP contribution is 2.20. The number of aromatic nitrogens is 1. The van der Waals surface area contributed by atoms with Gasteiger partial charge in [-0.05, 0) is 30.7 Å². The van der Waals surface area contributed by atoms with E-state index in [2.05, 4.69) is 16.8 Å². The molecule has 0 saturated carbocycles. The Hall–Kier alpha value is -1.98. The lowest BCUT2D eigenvalue weighted by atomic mass is 10.1. The number of aryl methyl sites for hydroxylation is 1. The Bertz CT molecular complexity index is 614. The van der Waals surface area contributed by atoms with Crippen molar-refractivity contribution in [2.24, 2.45) is 0 Å². The lowest BCUT2D eigenvalue weighted by Crippen LogP contribution is -1.98. The number of hydrogen-bond donors (Lipinski definition) is 0. The molecule has 0 radical (unpaired) electrons. The number of hydrogen-bond acceptors (Lipinski definition) is 2. The second-order valence-corrected chi connectivity index (χ2v) is 4.77.